The van der Waals surface area contributed by atoms with Gasteiger partial charge in [0.25, 0.3) is 0 Å². The van der Waals surface area contributed by atoms with Crippen molar-refractivity contribution in [3.8, 4) is 0 Å². The number of halogens is 2. The van der Waals surface area contributed by atoms with E-state index < -0.39 is 0 Å². The largest absolute Gasteiger partial charge is 0.327 e. The van der Waals surface area contributed by atoms with Crippen molar-refractivity contribution in [3.05, 3.63) is 51.5 Å². The van der Waals surface area contributed by atoms with E-state index >= 15 is 0 Å². The van der Waals surface area contributed by atoms with Gasteiger partial charge in [-0.2, -0.15) is 5.10 Å². The van der Waals surface area contributed by atoms with Crippen LogP contribution in [-0.4, -0.2) is 15.8 Å². The summed E-state index contributed by atoms with van der Waals surface area (Å²) in [5.74, 6) is -0.218. The molecule has 2 rings (SSSR count). The van der Waals surface area contributed by atoms with Gasteiger partial charge in [-0.15, -0.1) is 0 Å². The molecule has 0 aliphatic carbocycles. The summed E-state index contributed by atoms with van der Waals surface area (Å²) in [6.45, 7) is 2.08. The minimum Gasteiger partial charge on any atom is -0.327 e. The van der Waals surface area contributed by atoms with Crippen LogP contribution in [0.1, 0.15) is 23.9 Å². The number of nitrogens with two attached hydrogens (primary N) is 1. The van der Waals surface area contributed by atoms with Crippen LogP contribution in [0.25, 0.3) is 0 Å². The van der Waals surface area contributed by atoms with E-state index in [4.69, 9.17) is 5.73 Å². The molecule has 0 bridgehead atoms. The third kappa shape index (κ3) is 3.46. The Labute approximate surface area is 127 Å². The van der Waals surface area contributed by atoms with Gasteiger partial charge < -0.3 is 5.73 Å². The van der Waals surface area contributed by atoms with Crippen molar-refractivity contribution in [2.24, 2.45) is 12.8 Å². The van der Waals surface area contributed by atoms with Crippen LogP contribution < -0.4 is 5.73 Å². The zero-order valence-electron chi connectivity index (χ0n) is 11.7. The predicted molar refractivity (Wildman–Crippen MR) is 82.1 cm³/mol. The Morgan fingerprint density at radius 1 is 1.30 bits per heavy atom. The number of aryl methyl sites for hydroxylation is 2. The van der Waals surface area contributed by atoms with Gasteiger partial charge in [0, 0.05) is 19.5 Å². The second-order valence-corrected chi connectivity index (χ2v) is 5.77. The monoisotopic (exact) mass is 339 g/mol. The molecular weight excluding hydrogens is 321 g/mol. The van der Waals surface area contributed by atoms with Crippen LogP contribution in [0.3, 0.4) is 0 Å². The molecule has 0 aliphatic rings. The molecule has 0 radical (unpaired) electrons. The Kier molecular flexibility index (Phi) is 4.94. The standard InChI is InChI=1S/C15H19BrFN3/c1-3-13-15(16)14(20(2)19-13)9-12(18)8-10-4-6-11(17)7-5-10/h4-7,12H,3,8-9,18H2,1-2H3. The number of aromatic nitrogens is 2. The van der Waals surface area contributed by atoms with Crippen molar-refractivity contribution >= 4 is 15.9 Å². The minimum absolute atomic E-state index is 0.0168. The first kappa shape index (κ1) is 15.2. The second-order valence-electron chi connectivity index (χ2n) is 4.98. The molecule has 5 heteroatoms. The third-order valence-electron chi connectivity index (χ3n) is 3.37. The van der Waals surface area contributed by atoms with Crippen molar-refractivity contribution in [1.29, 1.82) is 0 Å². The molecule has 0 aliphatic heterocycles. The molecule has 0 saturated heterocycles. The molecule has 1 atom stereocenters. The van der Waals surface area contributed by atoms with Crippen molar-refractivity contribution in [3.63, 3.8) is 0 Å². The second kappa shape index (κ2) is 6.50. The molecule has 1 heterocycles. The number of hydrogen-bond donors (Lipinski definition) is 1. The fourth-order valence-electron chi connectivity index (χ4n) is 2.29. The molecule has 1 aromatic heterocycles. The van der Waals surface area contributed by atoms with Crippen molar-refractivity contribution in [1.82, 2.24) is 9.78 Å². The molecule has 20 heavy (non-hydrogen) atoms. The van der Waals surface area contributed by atoms with E-state index in [-0.39, 0.29) is 11.9 Å². The molecule has 3 nitrogen and oxygen atoms in total. The summed E-state index contributed by atoms with van der Waals surface area (Å²) in [5, 5.41) is 4.47. The van der Waals surface area contributed by atoms with E-state index in [9.17, 15) is 4.39 Å². The van der Waals surface area contributed by atoms with E-state index in [0.29, 0.717) is 0 Å². The Balaban J connectivity index is 2.06. The average molecular weight is 340 g/mol. The molecule has 2 aromatic rings. The number of benzene rings is 1. The van der Waals surface area contributed by atoms with Gasteiger partial charge in [-0.05, 0) is 46.5 Å². The SMILES string of the molecule is CCc1nn(C)c(CC(N)Cc2ccc(F)cc2)c1Br. The van der Waals surface area contributed by atoms with E-state index in [1.54, 1.807) is 12.1 Å². The third-order valence-corrected chi connectivity index (χ3v) is 4.29. The van der Waals surface area contributed by atoms with E-state index in [1.165, 1.54) is 12.1 Å². The molecule has 1 unspecified atom stereocenters. The van der Waals surface area contributed by atoms with Gasteiger partial charge in [0.05, 0.1) is 15.9 Å². The van der Waals surface area contributed by atoms with Gasteiger partial charge >= 0.3 is 0 Å². The zero-order chi connectivity index (χ0) is 14.7. The lowest BCUT2D eigenvalue weighted by molar-refractivity contribution is 0.606. The molecule has 0 amide bonds. The molecule has 0 saturated carbocycles. The summed E-state index contributed by atoms with van der Waals surface area (Å²) in [4.78, 5) is 0. The van der Waals surface area contributed by atoms with E-state index in [1.807, 2.05) is 11.7 Å². The summed E-state index contributed by atoms with van der Waals surface area (Å²) < 4.78 is 15.8. The first-order valence-electron chi connectivity index (χ1n) is 6.71. The fourth-order valence-corrected chi connectivity index (χ4v) is 3.06. The molecular formula is C15H19BrFN3. The maximum atomic E-state index is 12.9. The van der Waals surface area contributed by atoms with Crippen LogP contribution in [0.15, 0.2) is 28.7 Å². The van der Waals surface area contributed by atoms with Gasteiger partial charge in [-0.25, -0.2) is 4.39 Å². The lowest BCUT2D eigenvalue weighted by Crippen LogP contribution is -2.26. The number of hydrogen-bond acceptors (Lipinski definition) is 2. The Hall–Kier alpha value is -1.20. The molecule has 0 fully saturated rings. The summed E-state index contributed by atoms with van der Waals surface area (Å²) >= 11 is 3.60. The van der Waals surface area contributed by atoms with Crippen molar-refractivity contribution < 1.29 is 4.39 Å². The van der Waals surface area contributed by atoms with Crippen LogP contribution in [0.5, 0.6) is 0 Å². The van der Waals surface area contributed by atoms with Crippen LogP contribution >= 0.6 is 15.9 Å². The highest BCUT2D eigenvalue weighted by molar-refractivity contribution is 9.10. The van der Waals surface area contributed by atoms with Crippen LogP contribution in [0.4, 0.5) is 4.39 Å². The van der Waals surface area contributed by atoms with Gasteiger partial charge in [0.1, 0.15) is 5.82 Å². The van der Waals surface area contributed by atoms with Gasteiger partial charge in [0.2, 0.25) is 0 Å². The van der Waals surface area contributed by atoms with E-state index in [0.717, 1.165) is 40.7 Å². The predicted octanol–water partition coefficient (Wildman–Crippen LogP) is 3.00. The molecule has 108 valence electrons. The van der Waals surface area contributed by atoms with Crippen LogP contribution in [0.2, 0.25) is 0 Å². The van der Waals surface area contributed by atoms with Gasteiger partial charge in [0.15, 0.2) is 0 Å². The lowest BCUT2D eigenvalue weighted by atomic mass is 10.0. The lowest BCUT2D eigenvalue weighted by Gasteiger charge is -2.12. The summed E-state index contributed by atoms with van der Waals surface area (Å²) in [6, 6.07) is 6.49. The highest BCUT2D eigenvalue weighted by atomic mass is 79.9. The topological polar surface area (TPSA) is 43.8 Å². The fraction of sp³-hybridized carbons (Fsp3) is 0.400. The number of rotatable bonds is 5. The maximum Gasteiger partial charge on any atom is 0.123 e. The Morgan fingerprint density at radius 3 is 2.50 bits per heavy atom. The Bertz CT molecular complexity index is 578. The minimum atomic E-state index is -0.218. The first-order chi connectivity index (χ1) is 9.51. The highest BCUT2D eigenvalue weighted by Gasteiger charge is 2.15. The zero-order valence-corrected chi connectivity index (χ0v) is 13.3. The summed E-state index contributed by atoms with van der Waals surface area (Å²) in [6.07, 6.45) is 2.35. The van der Waals surface area contributed by atoms with Crippen molar-refractivity contribution in [2.75, 3.05) is 0 Å². The van der Waals surface area contributed by atoms with Gasteiger partial charge in [-0.3, -0.25) is 4.68 Å². The van der Waals surface area contributed by atoms with E-state index in [2.05, 4.69) is 28.0 Å². The average Bonchev–Trinajstić information content (AvgIpc) is 2.69. The van der Waals surface area contributed by atoms with Crippen molar-refractivity contribution in [2.45, 2.75) is 32.2 Å². The highest BCUT2D eigenvalue weighted by Crippen LogP contribution is 2.23. The first-order valence-corrected chi connectivity index (χ1v) is 7.50. The normalized spacial score (nSPS) is 12.7. The molecule has 0 spiro atoms. The maximum absolute atomic E-state index is 12.9. The number of nitrogens with zero attached hydrogens (tertiary/aromatic N) is 2. The van der Waals surface area contributed by atoms with Crippen LogP contribution in [-0.2, 0) is 26.3 Å². The molecule has 2 N–H and O–H groups in total. The smallest absolute Gasteiger partial charge is 0.123 e. The Morgan fingerprint density at radius 2 is 1.95 bits per heavy atom. The summed E-state index contributed by atoms with van der Waals surface area (Å²) in [5.41, 5.74) is 9.42. The summed E-state index contributed by atoms with van der Waals surface area (Å²) in [7, 11) is 1.93. The molecule has 1 aromatic carbocycles. The van der Waals surface area contributed by atoms with Gasteiger partial charge in [-0.1, -0.05) is 19.1 Å². The quantitative estimate of drug-likeness (QED) is 0.909. The van der Waals surface area contributed by atoms with Crippen LogP contribution in [0, 0.1) is 5.82 Å².